The van der Waals surface area contributed by atoms with Crippen LogP contribution in [0.3, 0.4) is 0 Å². The molecule has 1 saturated heterocycles. The molecular weight excluding hydrogens is 184 g/mol. The van der Waals surface area contributed by atoms with Crippen LogP contribution in [-0.4, -0.2) is 44.9 Å². The quantitative estimate of drug-likeness (QED) is 0.661. The molecule has 1 fully saturated rings. The summed E-state index contributed by atoms with van der Waals surface area (Å²) in [6.07, 6.45) is 1.28. The number of hydrogen-bond donors (Lipinski definition) is 0. The van der Waals surface area contributed by atoms with E-state index >= 15 is 0 Å². The van der Waals surface area contributed by atoms with Crippen LogP contribution in [0.5, 0.6) is 0 Å². The van der Waals surface area contributed by atoms with Crippen molar-refractivity contribution in [2.24, 2.45) is 0 Å². The van der Waals surface area contributed by atoms with Crippen LogP contribution < -0.4 is 0 Å². The smallest absolute Gasteiger partial charge is 0.190 e. The van der Waals surface area contributed by atoms with Crippen molar-refractivity contribution in [2.75, 3.05) is 33.5 Å². The van der Waals surface area contributed by atoms with E-state index in [9.17, 15) is 4.79 Å². The minimum atomic E-state index is -0.650. The van der Waals surface area contributed by atoms with Gasteiger partial charge in [0.25, 0.3) is 0 Å². The molecule has 0 N–H and O–H groups in total. The van der Waals surface area contributed by atoms with Crippen molar-refractivity contribution in [1.29, 1.82) is 0 Å². The van der Waals surface area contributed by atoms with Gasteiger partial charge in [-0.15, -0.1) is 0 Å². The van der Waals surface area contributed by atoms with Crippen LogP contribution in [0, 0.1) is 0 Å². The average Bonchev–Trinajstić information content (AvgIpc) is 2.20. The first-order valence-electron chi connectivity index (χ1n) is 4.99. The molecule has 0 amide bonds. The van der Waals surface area contributed by atoms with E-state index in [2.05, 4.69) is 0 Å². The highest BCUT2D eigenvalue weighted by atomic mass is 16.5. The Bertz CT molecular complexity index is 179. The third kappa shape index (κ3) is 2.53. The summed E-state index contributed by atoms with van der Waals surface area (Å²) in [5.41, 5.74) is -0.650. The Kier molecular flexibility index (Phi) is 4.51. The third-order valence-corrected chi connectivity index (χ3v) is 2.50. The number of ketones is 1. The number of methoxy groups -OCH3 is 1. The summed E-state index contributed by atoms with van der Waals surface area (Å²) < 4.78 is 15.7. The van der Waals surface area contributed by atoms with E-state index in [-0.39, 0.29) is 12.4 Å². The molecule has 0 bridgehead atoms. The van der Waals surface area contributed by atoms with E-state index in [0.29, 0.717) is 32.7 Å². The van der Waals surface area contributed by atoms with Crippen LogP contribution >= 0.6 is 0 Å². The summed E-state index contributed by atoms with van der Waals surface area (Å²) in [5, 5.41) is 0. The van der Waals surface area contributed by atoms with Crippen molar-refractivity contribution in [3.8, 4) is 0 Å². The highest BCUT2D eigenvalue weighted by molar-refractivity contribution is 5.88. The predicted molar refractivity (Wildman–Crippen MR) is 51.3 cm³/mol. The molecule has 0 radical (unpaired) electrons. The fourth-order valence-electron chi connectivity index (χ4n) is 1.74. The predicted octanol–water partition coefficient (Wildman–Crippen LogP) is 0.788. The van der Waals surface area contributed by atoms with Crippen LogP contribution in [0.4, 0.5) is 0 Å². The highest BCUT2D eigenvalue weighted by Crippen LogP contribution is 2.26. The second-order valence-corrected chi connectivity index (χ2v) is 3.40. The fraction of sp³-hybridized carbons (Fsp3) is 0.900. The highest BCUT2D eigenvalue weighted by Gasteiger charge is 2.40. The molecular formula is C10H18O4. The van der Waals surface area contributed by atoms with Crippen molar-refractivity contribution >= 4 is 5.78 Å². The van der Waals surface area contributed by atoms with Crippen LogP contribution in [0.2, 0.25) is 0 Å². The van der Waals surface area contributed by atoms with Crippen molar-refractivity contribution in [3.63, 3.8) is 0 Å². The zero-order valence-electron chi connectivity index (χ0n) is 8.88. The molecule has 1 rings (SSSR count). The van der Waals surface area contributed by atoms with Crippen LogP contribution in [-0.2, 0) is 19.0 Å². The lowest BCUT2D eigenvalue weighted by Crippen LogP contribution is -2.48. The molecule has 14 heavy (non-hydrogen) atoms. The molecule has 0 aromatic heterocycles. The van der Waals surface area contributed by atoms with Gasteiger partial charge in [-0.2, -0.15) is 0 Å². The standard InChI is InChI=1S/C10H18O4/c1-3-14-10(9(11)8-12-2)4-6-13-7-5-10/h3-8H2,1-2H3. The summed E-state index contributed by atoms with van der Waals surface area (Å²) in [6.45, 7) is 3.76. The van der Waals surface area contributed by atoms with E-state index in [1.54, 1.807) is 0 Å². The zero-order valence-corrected chi connectivity index (χ0v) is 8.88. The van der Waals surface area contributed by atoms with E-state index < -0.39 is 5.60 Å². The van der Waals surface area contributed by atoms with Gasteiger partial charge in [0.05, 0.1) is 0 Å². The Balaban J connectivity index is 2.63. The van der Waals surface area contributed by atoms with Crippen LogP contribution in [0.15, 0.2) is 0 Å². The first kappa shape index (κ1) is 11.6. The summed E-state index contributed by atoms with van der Waals surface area (Å²) in [5.74, 6) is 0.0325. The van der Waals surface area contributed by atoms with Gasteiger partial charge in [0, 0.05) is 39.8 Å². The first-order valence-corrected chi connectivity index (χ1v) is 4.99. The number of Topliss-reactive ketones (excluding diaryl/α,β-unsaturated/α-hetero) is 1. The number of rotatable bonds is 5. The Morgan fingerprint density at radius 3 is 2.57 bits per heavy atom. The van der Waals surface area contributed by atoms with Gasteiger partial charge in [0.2, 0.25) is 0 Å². The van der Waals surface area contributed by atoms with Crippen LogP contribution in [0.1, 0.15) is 19.8 Å². The summed E-state index contributed by atoms with van der Waals surface area (Å²) >= 11 is 0. The minimum Gasteiger partial charge on any atom is -0.381 e. The monoisotopic (exact) mass is 202 g/mol. The van der Waals surface area contributed by atoms with Gasteiger partial charge in [-0.1, -0.05) is 0 Å². The zero-order chi connectivity index (χ0) is 10.4. The number of carbonyl (C=O) groups excluding carboxylic acids is 1. The number of carbonyl (C=O) groups is 1. The van der Waals surface area contributed by atoms with E-state index in [1.807, 2.05) is 6.92 Å². The van der Waals surface area contributed by atoms with Gasteiger partial charge in [-0.3, -0.25) is 4.79 Å². The molecule has 0 aliphatic carbocycles. The van der Waals surface area contributed by atoms with Crippen molar-refractivity contribution in [2.45, 2.75) is 25.4 Å². The minimum absolute atomic E-state index is 0.0325. The lowest BCUT2D eigenvalue weighted by atomic mass is 9.89. The number of ether oxygens (including phenoxy) is 3. The fourth-order valence-corrected chi connectivity index (χ4v) is 1.74. The molecule has 1 heterocycles. The molecule has 0 unspecified atom stereocenters. The molecule has 1 aliphatic heterocycles. The van der Waals surface area contributed by atoms with Gasteiger partial charge in [-0.05, 0) is 6.92 Å². The maximum atomic E-state index is 11.8. The Hall–Kier alpha value is -0.450. The maximum absolute atomic E-state index is 11.8. The molecule has 82 valence electrons. The molecule has 0 aromatic carbocycles. The van der Waals surface area contributed by atoms with Gasteiger partial charge in [0.15, 0.2) is 5.78 Å². The van der Waals surface area contributed by atoms with Crippen LogP contribution in [0.25, 0.3) is 0 Å². The molecule has 0 atom stereocenters. The van der Waals surface area contributed by atoms with Crippen molar-refractivity contribution in [1.82, 2.24) is 0 Å². The summed E-state index contributed by atoms with van der Waals surface area (Å²) in [4.78, 5) is 11.8. The summed E-state index contributed by atoms with van der Waals surface area (Å²) in [7, 11) is 1.52. The second kappa shape index (κ2) is 5.44. The van der Waals surface area contributed by atoms with Gasteiger partial charge < -0.3 is 14.2 Å². The molecule has 0 aromatic rings. The topological polar surface area (TPSA) is 44.8 Å². The lowest BCUT2D eigenvalue weighted by Gasteiger charge is -2.35. The molecule has 1 aliphatic rings. The van der Waals surface area contributed by atoms with E-state index in [4.69, 9.17) is 14.2 Å². The Morgan fingerprint density at radius 2 is 2.07 bits per heavy atom. The van der Waals surface area contributed by atoms with Gasteiger partial charge in [-0.25, -0.2) is 0 Å². The largest absolute Gasteiger partial charge is 0.381 e. The second-order valence-electron chi connectivity index (χ2n) is 3.40. The van der Waals surface area contributed by atoms with E-state index in [1.165, 1.54) is 7.11 Å². The average molecular weight is 202 g/mol. The Labute approximate surface area is 84.5 Å². The van der Waals surface area contributed by atoms with E-state index in [0.717, 1.165) is 0 Å². The third-order valence-electron chi connectivity index (χ3n) is 2.50. The Morgan fingerprint density at radius 1 is 1.43 bits per heavy atom. The number of hydrogen-bond acceptors (Lipinski definition) is 4. The van der Waals surface area contributed by atoms with Gasteiger partial charge >= 0.3 is 0 Å². The lowest BCUT2D eigenvalue weighted by molar-refractivity contribution is -0.161. The molecule has 4 heteroatoms. The summed E-state index contributed by atoms with van der Waals surface area (Å²) in [6, 6.07) is 0. The molecule has 0 saturated carbocycles. The maximum Gasteiger partial charge on any atom is 0.190 e. The van der Waals surface area contributed by atoms with Crippen molar-refractivity contribution in [3.05, 3.63) is 0 Å². The molecule has 0 spiro atoms. The first-order chi connectivity index (χ1) is 6.75. The van der Waals surface area contributed by atoms with Gasteiger partial charge in [0.1, 0.15) is 12.2 Å². The normalized spacial score (nSPS) is 20.7. The molecule has 4 nitrogen and oxygen atoms in total. The van der Waals surface area contributed by atoms with Crippen molar-refractivity contribution < 1.29 is 19.0 Å². The SMILES string of the molecule is CCOC1(C(=O)COC)CCOCC1.